The molecule has 4 rings (SSSR count). The van der Waals surface area contributed by atoms with Crippen LogP contribution in [-0.2, 0) is 27.9 Å². The Morgan fingerprint density at radius 1 is 1.34 bits per heavy atom. The first-order chi connectivity index (χ1) is 14.1. The van der Waals surface area contributed by atoms with Crippen molar-refractivity contribution in [3.63, 3.8) is 0 Å². The summed E-state index contributed by atoms with van der Waals surface area (Å²) in [6.45, 7) is 3.76. The molecule has 3 aliphatic heterocycles. The molecule has 0 aromatic carbocycles. The minimum atomic E-state index is -0.00402. The van der Waals surface area contributed by atoms with E-state index in [1.165, 1.54) is 0 Å². The van der Waals surface area contributed by atoms with Crippen LogP contribution in [0.4, 0.5) is 0 Å². The van der Waals surface area contributed by atoms with Crippen molar-refractivity contribution in [2.24, 2.45) is 18.9 Å². The van der Waals surface area contributed by atoms with Gasteiger partial charge in [-0.15, -0.1) is 0 Å². The highest BCUT2D eigenvalue weighted by Crippen LogP contribution is 2.41. The summed E-state index contributed by atoms with van der Waals surface area (Å²) in [7, 11) is 3.64. The molecule has 29 heavy (non-hydrogen) atoms. The van der Waals surface area contributed by atoms with Crippen molar-refractivity contribution >= 4 is 11.8 Å². The van der Waals surface area contributed by atoms with Crippen LogP contribution in [0.3, 0.4) is 0 Å². The molecule has 1 N–H and O–H groups in total. The fourth-order valence-corrected chi connectivity index (χ4v) is 5.51. The minimum absolute atomic E-state index is 0.00402. The molecule has 0 spiro atoms. The largest absolute Gasteiger partial charge is 0.384 e. The topological polar surface area (TPSA) is 79.7 Å². The number of aryl methyl sites for hydroxylation is 1. The molecule has 2 bridgehead atoms. The summed E-state index contributed by atoms with van der Waals surface area (Å²) in [5, 5.41) is 3.07. The van der Waals surface area contributed by atoms with E-state index in [0.717, 1.165) is 44.7 Å². The Balaban J connectivity index is 1.48. The molecule has 3 fully saturated rings. The number of carbonyl (C=O) groups is 2. The number of hydrogen-bond donors (Lipinski definition) is 1. The van der Waals surface area contributed by atoms with Crippen LogP contribution in [0.25, 0.3) is 0 Å². The van der Waals surface area contributed by atoms with Gasteiger partial charge in [-0.3, -0.25) is 14.5 Å². The highest BCUT2D eigenvalue weighted by atomic mass is 16.5. The maximum atomic E-state index is 12.8. The van der Waals surface area contributed by atoms with E-state index in [1.807, 2.05) is 19.4 Å². The second-order valence-corrected chi connectivity index (χ2v) is 8.78. The third-order valence-corrected chi connectivity index (χ3v) is 6.90. The highest BCUT2D eigenvalue weighted by Gasteiger charge is 2.49. The van der Waals surface area contributed by atoms with Crippen molar-refractivity contribution < 1.29 is 14.3 Å². The van der Waals surface area contributed by atoms with Crippen molar-refractivity contribution in [2.75, 3.05) is 33.4 Å². The smallest absolute Gasteiger partial charge is 0.223 e. The first-order valence-corrected chi connectivity index (χ1v) is 10.8. The molecule has 4 heterocycles. The maximum absolute atomic E-state index is 12.8. The van der Waals surface area contributed by atoms with Crippen LogP contribution >= 0.6 is 0 Å². The summed E-state index contributed by atoms with van der Waals surface area (Å²) in [5.41, 5.74) is 0. The number of likely N-dealkylation sites (tertiary alicyclic amines) is 1. The predicted octanol–water partition coefficient (Wildman–Crippen LogP) is 0.774. The van der Waals surface area contributed by atoms with E-state index >= 15 is 0 Å². The monoisotopic (exact) mass is 403 g/mol. The number of nitrogens with one attached hydrogen (secondary N) is 1. The fraction of sp³-hybridized carbons (Fsp3) is 0.762. The van der Waals surface area contributed by atoms with Crippen molar-refractivity contribution in [2.45, 2.75) is 50.7 Å². The van der Waals surface area contributed by atoms with E-state index in [0.29, 0.717) is 43.9 Å². The third-order valence-electron chi connectivity index (χ3n) is 6.90. The van der Waals surface area contributed by atoms with Crippen molar-refractivity contribution in [3.8, 4) is 0 Å². The quantitative estimate of drug-likeness (QED) is 0.728. The second-order valence-electron chi connectivity index (χ2n) is 8.78. The number of imidazole rings is 1. The van der Waals surface area contributed by atoms with Gasteiger partial charge in [0.05, 0.1) is 19.2 Å². The predicted molar refractivity (Wildman–Crippen MR) is 108 cm³/mol. The average Bonchev–Trinajstić information content (AvgIpc) is 3.11. The van der Waals surface area contributed by atoms with E-state index in [9.17, 15) is 9.59 Å². The Morgan fingerprint density at radius 3 is 2.93 bits per heavy atom. The lowest BCUT2D eigenvalue weighted by Gasteiger charge is -2.56. The Kier molecular flexibility index (Phi) is 6.20. The van der Waals surface area contributed by atoms with E-state index in [2.05, 4.69) is 24.7 Å². The Morgan fingerprint density at radius 2 is 2.17 bits per heavy atom. The number of amides is 2. The van der Waals surface area contributed by atoms with Gasteiger partial charge < -0.3 is 19.5 Å². The summed E-state index contributed by atoms with van der Waals surface area (Å²) in [6, 6.07) is 0.386. The Bertz CT molecular complexity index is 736. The number of piperidine rings is 3. The zero-order chi connectivity index (χ0) is 20.4. The molecule has 0 saturated carbocycles. The number of aromatic nitrogens is 2. The molecule has 0 radical (unpaired) electrons. The second kappa shape index (κ2) is 8.83. The van der Waals surface area contributed by atoms with Gasteiger partial charge in [-0.1, -0.05) is 0 Å². The van der Waals surface area contributed by atoms with Gasteiger partial charge in [0.25, 0.3) is 0 Å². The van der Waals surface area contributed by atoms with Crippen LogP contribution < -0.4 is 5.32 Å². The van der Waals surface area contributed by atoms with Gasteiger partial charge in [0.15, 0.2) is 0 Å². The van der Waals surface area contributed by atoms with E-state index in [4.69, 9.17) is 4.74 Å². The number of ether oxygens (including phenoxy) is 1. The van der Waals surface area contributed by atoms with E-state index < -0.39 is 0 Å². The van der Waals surface area contributed by atoms with E-state index in [-0.39, 0.29) is 17.9 Å². The minimum Gasteiger partial charge on any atom is -0.384 e. The van der Waals surface area contributed by atoms with E-state index in [1.54, 1.807) is 7.11 Å². The summed E-state index contributed by atoms with van der Waals surface area (Å²) >= 11 is 0. The van der Waals surface area contributed by atoms with Crippen LogP contribution in [0.15, 0.2) is 12.4 Å². The van der Waals surface area contributed by atoms with Crippen molar-refractivity contribution in [3.05, 3.63) is 18.2 Å². The number of rotatable bonds is 7. The normalized spacial score (nSPS) is 29.6. The van der Waals surface area contributed by atoms with Crippen LogP contribution in [0.2, 0.25) is 0 Å². The van der Waals surface area contributed by atoms with Gasteiger partial charge >= 0.3 is 0 Å². The number of fused-ring (bicyclic) bond motifs is 4. The lowest BCUT2D eigenvalue weighted by atomic mass is 9.72. The molecule has 3 aliphatic rings. The molecule has 4 atom stereocenters. The standard InChI is InChI=1S/C21H33N5O3/c1-24-8-7-22-19(24)14-25-12-15-10-16(13-25)18(11-23-20(27)6-9-29-2)26-17(15)4-3-5-21(26)28/h7-8,15-18H,3-6,9-14H2,1-2H3,(H,23,27)/t15-,16+,17+,18+/m1/s1. The number of methoxy groups -OCH3 is 1. The van der Waals surface area contributed by atoms with Crippen LogP contribution in [0.5, 0.6) is 0 Å². The maximum Gasteiger partial charge on any atom is 0.223 e. The Hall–Kier alpha value is -1.93. The van der Waals surface area contributed by atoms with Crippen LogP contribution in [0.1, 0.15) is 37.9 Å². The lowest BCUT2D eigenvalue weighted by molar-refractivity contribution is -0.153. The molecule has 8 nitrogen and oxygen atoms in total. The van der Waals surface area contributed by atoms with Gasteiger partial charge in [-0.05, 0) is 31.1 Å². The van der Waals surface area contributed by atoms with Crippen LogP contribution in [0, 0.1) is 11.8 Å². The van der Waals surface area contributed by atoms with Crippen LogP contribution in [-0.4, -0.2) is 76.6 Å². The summed E-state index contributed by atoms with van der Waals surface area (Å²) in [6.07, 6.45) is 8.03. The first-order valence-electron chi connectivity index (χ1n) is 10.8. The lowest BCUT2D eigenvalue weighted by Crippen LogP contribution is -2.67. The van der Waals surface area contributed by atoms with Gasteiger partial charge in [0.1, 0.15) is 5.82 Å². The molecular formula is C21H33N5O3. The molecule has 3 saturated heterocycles. The zero-order valence-electron chi connectivity index (χ0n) is 17.5. The fourth-order valence-electron chi connectivity index (χ4n) is 5.51. The molecule has 1 aromatic rings. The van der Waals surface area contributed by atoms with Gasteiger partial charge in [-0.2, -0.15) is 0 Å². The third kappa shape index (κ3) is 4.33. The number of hydrogen-bond acceptors (Lipinski definition) is 5. The highest BCUT2D eigenvalue weighted by molar-refractivity contribution is 5.78. The van der Waals surface area contributed by atoms with Gasteiger partial charge in [0.2, 0.25) is 11.8 Å². The molecule has 1 aromatic heterocycles. The zero-order valence-corrected chi connectivity index (χ0v) is 17.5. The molecular weight excluding hydrogens is 370 g/mol. The summed E-state index contributed by atoms with van der Waals surface area (Å²) in [5.74, 6) is 2.24. The summed E-state index contributed by atoms with van der Waals surface area (Å²) < 4.78 is 7.08. The van der Waals surface area contributed by atoms with Crippen molar-refractivity contribution in [1.82, 2.24) is 24.7 Å². The van der Waals surface area contributed by atoms with Gasteiger partial charge in [-0.25, -0.2) is 4.98 Å². The molecule has 160 valence electrons. The Labute approximate surface area is 172 Å². The average molecular weight is 404 g/mol. The number of nitrogens with zero attached hydrogens (tertiary/aromatic N) is 4. The SMILES string of the molecule is COCCC(=O)NC[C@H]1[C@H]2C[C@H](CN(Cc3nccn3C)C2)[C@@H]2CCCC(=O)N21. The first kappa shape index (κ1) is 20.3. The molecule has 2 amide bonds. The van der Waals surface area contributed by atoms with Gasteiger partial charge in [0, 0.05) is 65.1 Å². The van der Waals surface area contributed by atoms with Crippen molar-refractivity contribution in [1.29, 1.82) is 0 Å². The molecule has 8 heteroatoms. The molecule has 0 unspecified atom stereocenters. The molecule has 0 aliphatic carbocycles. The summed E-state index contributed by atoms with van der Waals surface area (Å²) in [4.78, 5) is 34.1. The number of carbonyl (C=O) groups excluding carboxylic acids is 2.